The second-order valence-corrected chi connectivity index (χ2v) is 7.02. The Kier molecular flexibility index (Phi) is 5.88. The monoisotopic (exact) mass is 381 g/mol. The molecule has 0 spiro atoms. The Morgan fingerprint density at radius 2 is 2.36 bits per heavy atom. The summed E-state index contributed by atoms with van der Waals surface area (Å²) >= 11 is 11.6. The molecule has 1 unspecified atom stereocenters. The average molecular weight is 382 g/mol. The molecule has 0 aliphatic carbocycles. The van der Waals surface area contributed by atoms with Crippen molar-refractivity contribution in [1.29, 1.82) is 0 Å². The first-order valence-electron chi connectivity index (χ1n) is 8.49. The Bertz CT molecular complexity index is 804. The maximum absolute atomic E-state index is 12.0. The van der Waals surface area contributed by atoms with Gasteiger partial charge in [-0.3, -0.25) is 9.36 Å². The second-order valence-electron chi connectivity index (χ2n) is 6.22. The van der Waals surface area contributed by atoms with Crippen molar-refractivity contribution in [3.63, 3.8) is 0 Å². The molecular formula is C17H22ClN4O2S+. The van der Waals surface area contributed by atoms with E-state index in [1.807, 2.05) is 35.8 Å². The number of quaternary nitrogens is 1. The van der Waals surface area contributed by atoms with E-state index in [4.69, 9.17) is 28.6 Å². The number of benzene rings is 1. The Morgan fingerprint density at radius 1 is 1.52 bits per heavy atom. The van der Waals surface area contributed by atoms with Crippen LogP contribution in [0.1, 0.15) is 19.8 Å². The molecule has 1 fully saturated rings. The van der Waals surface area contributed by atoms with E-state index in [1.165, 1.54) is 4.90 Å². The number of hydrogen-bond donors (Lipinski definition) is 1. The number of likely N-dealkylation sites (tertiary alicyclic amines) is 1. The van der Waals surface area contributed by atoms with Crippen molar-refractivity contribution < 1.29 is 14.4 Å². The minimum atomic E-state index is -0.0900. The smallest absolute Gasteiger partial charge is 0.314 e. The van der Waals surface area contributed by atoms with E-state index < -0.39 is 0 Å². The molecule has 2 heterocycles. The van der Waals surface area contributed by atoms with Gasteiger partial charge in [0.1, 0.15) is 12.2 Å². The van der Waals surface area contributed by atoms with Gasteiger partial charge in [0.2, 0.25) is 4.77 Å². The number of carbonyl (C=O) groups is 1. The summed E-state index contributed by atoms with van der Waals surface area (Å²) in [5.41, 5.74) is 0.891. The molecule has 134 valence electrons. The first-order valence-corrected chi connectivity index (χ1v) is 9.27. The summed E-state index contributed by atoms with van der Waals surface area (Å²) in [6.45, 7) is 4.67. The number of hydrogen-bond acceptors (Lipinski definition) is 4. The maximum Gasteiger partial charge on any atom is 0.314 e. The molecule has 2 aromatic rings. The molecule has 1 N–H and O–H groups in total. The van der Waals surface area contributed by atoms with E-state index in [1.54, 1.807) is 11.0 Å². The number of nitrogens with zero attached hydrogens (tertiary/aromatic N) is 3. The van der Waals surface area contributed by atoms with Crippen molar-refractivity contribution in [2.75, 3.05) is 19.7 Å². The van der Waals surface area contributed by atoms with Crippen molar-refractivity contribution >= 4 is 29.8 Å². The van der Waals surface area contributed by atoms with Gasteiger partial charge in [0, 0.05) is 5.02 Å². The number of esters is 1. The zero-order chi connectivity index (χ0) is 17.8. The van der Waals surface area contributed by atoms with Crippen LogP contribution in [-0.4, -0.2) is 40.0 Å². The Labute approximate surface area is 157 Å². The Hall–Kier alpha value is -1.70. The van der Waals surface area contributed by atoms with Crippen LogP contribution in [0.3, 0.4) is 0 Å². The lowest BCUT2D eigenvalue weighted by molar-refractivity contribution is -0.930. The number of aromatic nitrogens is 3. The van der Waals surface area contributed by atoms with E-state index in [9.17, 15) is 4.79 Å². The highest BCUT2D eigenvalue weighted by Gasteiger charge is 2.30. The van der Waals surface area contributed by atoms with Gasteiger partial charge >= 0.3 is 5.97 Å². The fraction of sp³-hybridized carbons (Fsp3) is 0.471. The van der Waals surface area contributed by atoms with Crippen LogP contribution in [0.5, 0.6) is 0 Å². The largest absolute Gasteiger partial charge is 0.466 e. The molecule has 0 amide bonds. The highest BCUT2D eigenvalue weighted by molar-refractivity contribution is 7.71. The molecule has 25 heavy (non-hydrogen) atoms. The van der Waals surface area contributed by atoms with Crippen molar-refractivity contribution in [2.24, 2.45) is 5.92 Å². The Morgan fingerprint density at radius 3 is 3.12 bits per heavy atom. The molecule has 1 aromatic heterocycles. The molecule has 6 nitrogen and oxygen atoms in total. The fourth-order valence-corrected chi connectivity index (χ4v) is 3.67. The molecule has 1 saturated heterocycles. The van der Waals surface area contributed by atoms with Crippen molar-refractivity contribution in [1.82, 2.24) is 14.3 Å². The lowest BCUT2D eigenvalue weighted by atomic mass is 9.99. The molecule has 1 aliphatic heterocycles. The number of piperidine rings is 1. The zero-order valence-corrected chi connectivity index (χ0v) is 15.7. The summed E-state index contributed by atoms with van der Waals surface area (Å²) in [5.74, 6) is -0.124. The third-order valence-electron chi connectivity index (χ3n) is 4.43. The molecule has 3 rings (SSSR count). The van der Waals surface area contributed by atoms with Gasteiger partial charge in [0.15, 0.2) is 6.67 Å². The lowest BCUT2D eigenvalue weighted by Crippen LogP contribution is -3.13. The van der Waals surface area contributed by atoms with Crippen LogP contribution in [0.4, 0.5) is 0 Å². The van der Waals surface area contributed by atoms with E-state index in [2.05, 4.69) is 5.10 Å². The van der Waals surface area contributed by atoms with Crippen molar-refractivity contribution in [3.8, 4) is 5.69 Å². The third-order valence-corrected chi connectivity index (χ3v) is 5.07. The van der Waals surface area contributed by atoms with E-state index in [0.717, 1.165) is 31.6 Å². The topological polar surface area (TPSA) is 53.5 Å². The number of rotatable bonds is 5. The lowest BCUT2D eigenvalue weighted by Gasteiger charge is -2.28. The van der Waals surface area contributed by atoms with Gasteiger partial charge in [-0.15, -0.1) is 0 Å². The number of carbonyl (C=O) groups excluding carboxylic acids is 1. The quantitative estimate of drug-likeness (QED) is 0.634. The highest BCUT2D eigenvalue weighted by Crippen LogP contribution is 2.15. The van der Waals surface area contributed by atoms with Gasteiger partial charge in [-0.2, -0.15) is 9.78 Å². The molecule has 1 aliphatic rings. The predicted molar refractivity (Wildman–Crippen MR) is 97.5 cm³/mol. The minimum Gasteiger partial charge on any atom is -0.466 e. The van der Waals surface area contributed by atoms with Crippen LogP contribution in [0.25, 0.3) is 5.69 Å². The number of halogens is 1. The minimum absolute atomic E-state index is 0.0344. The SMILES string of the molecule is CCOC(=O)[C@@H]1CCC[NH+](Cn2ncn(-c3cccc(Cl)c3)c2=S)C1. The summed E-state index contributed by atoms with van der Waals surface area (Å²) in [6.07, 6.45) is 3.60. The van der Waals surface area contributed by atoms with Gasteiger partial charge in [0.05, 0.1) is 25.4 Å². The van der Waals surface area contributed by atoms with E-state index >= 15 is 0 Å². The van der Waals surface area contributed by atoms with Gasteiger partial charge in [-0.1, -0.05) is 17.7 Å². The van der Waals surface area contributed by atoms with Crippen LogP contribution in [0, 0.1) is 10.7 Å². The first-order chi connectivity index (χ1) is 12.1. The summed E-state index contributed by atoms with van der Waals surface area (Å²) in [7, 11) is 0. The van der Waals surface area contributed by atoms with Crippen LogP contribution >= 0.6 is 23.8 Å². The van der Waals surface area contributed by atoms with Crippen LogP contribution < -0.4 is 4.90 Å². The third kappa shape index (κ3) is 4.29. The molecule has 1 aromatic carbocycles. The van der Waals surface area contributed by atoms with E-state index in [-0.39, 0.29) is 11.9 Å². The standard InChI is InChI=1S/C17H21ClN4O2S/c1-2-24-16(23)13-5-4-8-20(10-13)12-22-17(25)21(11-19-22)15-7-3-6-14(18)9-15/h3,6-7,9,11,13H,2,4-5,8,10,12H2,1H3/p+1/t13-/m1/s1. The van der Waals surface area contributed by atoms with Crippen LogP contribution in [0.15, 0.2) is 30.6 Å². The Balaban J connectivity index is 1.71. The molecule has 0 bridgehead atoms. The highest BCUT2D eigenvalue weighted by atomic mass is 35.5. The van der Waals surface area contributed by atoms with Crippen molar-refractivity contribution in [2.45, 2.75) is 26.4 Å². The maximum atomic E-state index is 12.0. The summed E-state index contributed by atoms with van der Waals surface area (Å²) in [5, 5.41) is 5.08. The van der Waals surface area contributed by atoms with Gasteiger partial charge < -0.3 is 9.64 Å². The van der Waals surface area contributed by atoms with Gasteiger partial charge in [0.25, 0.3) is 0 Å². The number of nitrogens with one attached hydrogen (secondary N) is 1. The number of ether oxygens (including phenoxy) is 1. The van der Waals surface area contributed by atoms with Gasteiger partial charge in [-0.25, -0.2) is 0 Å². The second kappa shape index (κ2) is 8.12. The first kappa shape index (κ1) is 18.1. The normalized spacial score (nSPS) is 20.4. The average Bonchev–Trinajstić information content (AvgIpc) is 2.96. The summed E-state index contributed by atoms with van der Waals surface area (Å²) < 4.78 is 9.43. The summed E-state index contributed by atoms with van der Waals surface area (Å²) in [4.78, 5) is 13.3. The fourth-order valence-electron chi connectivity index (χ4n) is 3.22. The van der Waals surface area contributed by atoms with E-state index in [0.29, 0.717) is 23.1 Å². The molecule has 0 saturated carbocycles. The molecule has 8 heteroatoms. The summed E-state index contributed by atoms with van der Waals surface area (Å²) in [6, 6.07) is 7.51. The van der Waals surface area contributed by atoms with Gasteiger partial charge in [-0.05, 0) is 50.2 Å². The van der Waals surface area contributed by atoms with Crippen LogP contribution in [0.2, 0.25) is 5.02 Å². The zero-order valence-electron chi connectivity index (χ0n) is 14.2. The molecular weight excluding hydrogens is 360 g/mol. The molecule has 0 radical (unpaired) electrons. The van der Waals surface area contributed by atoms with Crippen LogP contribution in [-0.2, 0) is 16.2 Å². The predicted octanol–water partition coefficient (Wildman–Crippen LogP) is 1.87. The molecule has 2 atom stereocenters. The van der Waals surface area contributed by atoms with Crippen molar-refractivity contribution in [3.05, 3.63) is 40.4 Å².